The molecular formula is C8H10BNO2. The Morgan fingerprint density at radius 1 is 1.50 bits per heavy atom. The van der Waals surface area contributed by atoms with Crippen molar-refractivity contribution in [3.05, 3.63) is 29.8 Å². The molecule has 3 N–H and O–H groups in total. The van der Waals surface area contributed by atoms with E-state index in [1.165, 1.54) is 0 Å². The van der Waals surface area contributed by atoms with Crippen molar-refractivity contribution in [1.29, 1.82) is 0 Å². The van der Waals surface area contributed by atoms with Crippen LogP contribution in [-0.4, -0.2) is 18.7 Å². The lowest BCUT2D eigenvalue weighted by Gasteiger charge is -2.07. The Kier molecular flexibility index (Phi) is 1.88. The molecule has 0 amide bonds. The first-order valence-electron chi connectivity index (χ1n) is 3.95. The van der Waals surface area contributed by atoms with Gasteiger partial charge in [0.25, 0.3) is 0 Å². The summed E-state index contributed by atoms with van der Waals surface area (Å²) in [6.07, 6.45) is -0.142. The molecule has 12 heavy (non-hydrogen) atoms. The van der Waals surface area contributed by atoms with Crippen molar-refractivity contribution in [2.75, 3.05) is 6.54 Å². The first-order chi connectivity index (χ1) is 5.83. The van der Waals surface area contributed by atoms with Crippen LogP contribution in [-0.2, 0) is 4.65 Å². The summed E-state index contributed by atoms with van der Waals surface area (Å²) in [7, 11) is -0.797. The average molecular weight is 163 g/mol. The Labute approximate surface area is 71.3 Å². The number of benzene rings is 1. The molecule has 0 fully saturated rings. The summed E-state index contributed by atoms with van der Waals surface area (Å²) in [6, 6.07) is 7.59. The van der Waals surface area contributed by atoms with Gasteiger partial charge in [0, 0.05) is 6.54 Å². The molecule has 2 rings (SSSR count). The summed E-state index contributed by atoms with van der Waals surface area (Å²) >= 11 is 0. The van der Waals surface area contributed by atoms with Crippen molar-refractivity contribution in [3.63, 3.8) is 0 Å². The Balaban J connectivity index is 2.43. The normalized spacial score (nSPS) is 21.2. The minimum Gasteiger partial charge on any atom is -0.423 e. The Bertz CT molecular complexity index is 292. The van der Waals surface area contributed by atoms with E-state index in [2.05, 4.69) is 0 Å². The molecule has 0 radical (unpaired) electrons. The van der Waals surface area contributed by atoms with Crippen LogP contribution < -0.4 is 11.2 Å². The van der Waals surface area contributed by atoms with Gasteiger partial charge in [0.2, 0.25) is 0 Å². The smallest absolute Gasteiger partial charge is 0.423 e. The second kappa shape index (κ2) is 2.90. The van der Waals surface area contributed by atoms with E-state index >= 15 is 0 Å². The molecule has 0 saturated heterocycles. The molecule has 0 unspecified atom stereocenters. The maximum Gasteiger partial charge on any atom is 0.492 e. The molecule has 1 aliphatic heterocycles. The number of nitrogens with two attached hydrogens (primary N) is 1. The molecule has 62 valence electrons. The second-order valence-corrected chi connectivity index (χ2v) is 2.84. The van der Waals surface area contributed by atoms with Crippen LogP contribution in [0.5, 0.6) is 0 Å². The van der Waals surface area contributed by atoms with Gasteiger partial charge in [0.1, 0.15) is 0 Å². The third-order valence-corrected chi connectivity index (χ3v) is 2.12. The van der Waals surface area contributed by atoms with Gasteiger partial charge in [-0.1, -0.05) is 24.3 Å². The van der Waals surface area contributed by atoms with Gasteiger partial charge in [-0.25, -0.2) is 0 Å². The number of rotatable bonds is 1. The van der Waals surface area contributed by atoms with E-state index in [0.717, 1.165) is 11.0 Å². The van der Waals surface area contributed by atoms with Crippen molar-refractivity contribution in [2.45, 2.75) is 6.10 Å². The molecule has 1 aromatic rings. The van der Waals surface area contributed by atoms with Crippen LogP contribution in [0.4, 0.5) is 0 Å². The fourth-order valence-corrected chi connectivity index (χ4v) is 1.51. The first-order valence-corrected chi connectivity index (χ1v) is 3.95. The van der Waals surface area contributed by atoms with Crippen LogP contribution in [0.2, 0.25) is 0 Å². The van der Waals surface area contributed by atoms with E-state index in [1.54, 1.807) is 0 Å². The van der Waals surface area contributed by atoms with Crippen LogP contribution in [0.3, 0.4) is 0 Å². The number of hydrogen-bond acceptors (Lipinski definition) is 3. The fourth-order valence-electron chi connectivity index (χ4n) is 1.51. The zero-order valence-electron chi connectivity index (χ0n) is 6.60. The minimum atomic E-state index is -0.797. The third-order valence-electron chi connectivity index (χ3n) is 2.12. The largest absolute Gasteiger partial charge is 0.492 e. The highest BCUT2D eigenvalue weighted by molar-refractivity contribution is 6.61. The standard InChI is InChI=1S/C8H10BNO2/c10-5-8-6-3-1-2-4-7(6)9(11)12-8/h1-4,8,11H,5,10H2/t8-/m1/s1. The summed E-state index contributed by atoms with van der Waals surface area (Å²) in [6.45, 7) is 0.411. The highest BCUT2D eigenvalue weighted by atomic mass is 16.5. The van der Waals surface area contributed by atoms with Gasteiger partial charge >= 0.3 is 7.12 Å². The zero-order chi connectivity index (χ0) is 8.55. The summed E-state index contributed by atoms with van der Waals surface area (Å²) in [5.74, 6) is 0. The van der Waals surface area contributed by atoms with Gasteiger partial charge in [-0.3, -0.25) is 0 Å². The lowest BCUT2D eigenvalue weighted by molar-refractivity contribution is 0.198. The van der Waals surface area contributed by atoms with Crippen molar-refractivity contribution in [3.8, 4) is 0 Å². The van der Waals surface area contributed by atoms with Gasteiger partial charge < -0.3 is 15.4 Å². The zero-order valence-corrected chi connectivity index (χ0v) is 6.60. The summed E-state index contributed by atoms with van der Waals surface area (Å²) < 4.78 is 5.21. The number of fused-ring (bicyclic) bond motifs is 1. The van der Waals surface area contributed by atoms with Crippen molar-refractivity contribution < 1.29 is 9.68 Å². The first kappa shape index (κ1) is 7.80. The molecule has 0 spiro atoms. The monoisotopic (exact) mass is 163 g/mol. The van der Waals surface area contributed by atoms with E-state index in [4.69, 9.17) is 10.4 Å². The molecule has 4 heteroatoms. The predicted octanol–water partition coefficient (Wildman–Crippen LogP) is -0.596. The van der Waals surface area contributed by atoms with E-state index < -0.39 is 7.12 Å². The van der Waals surface area contributed by atoms with Crippen LogP contribution in [0, 0.1) is 0 Å². The second-order valence-electron chi connectivity index (χ2n) is 2.84. The quantitative estimate of drug-likeness (QED) is 0.543. The maximum absolute atomic E-state index is 9.41. The molecule has 3 nitrogen and oxygen atoms in total. The molecule has 1 aromatic carbocycles. The molecular weight excluding hydrogens is 153 g/mol. The lowest BCUT2D eigenvalue weighted by Crippen LogP contribution is -2.27. The van der Waals surface area contributed by atoms with Crippen LogP contribution in [0.25, 0.3) is 0 Å². The Morgan fingerprint density at radius 2 is 2.25 bits per heavy atom. The van der Waals surface area contributed by atoms with Gasteiger partial charge in [-0.2, -0.15) is 0 Å². The Morgan fingerprint density at radius 3 is 3.00 bits per heavy atom. The molecule has 0 saturated carbocycles. The van der Waals surface area contributed by atoms with Crippen molar-refractivity contribution >= 4 is 12.6 Å². The van der Waals surface area contributed by atoms with Crippen LogP contribution in [0.1, 0.15) is 11.7 Å². The summed E-state index contributed by atoms with van der Waals surface area (Å²) in [4.78, 5) is 0. The van der Waals surface area contributed by atoms with Gasteiger partial charge in [0.05, 0.1) is 6.10 Å². The van der Waals surface area contributed by atoms with Gasteiger partial charge in [0.15, 0.2) is 0 Å². The van der Waals surface area contributed by atoms with Crippen LogP contribution >= 0.6 is 0 Å². The van der Waals surface area contributed by atoms with E-state index in [0.29, 0.717) is 6.54 Å². The van der Waals surface area contributed by atoms with Gasteiger partial charge in [-0.05, 0) is 11.0 Å². The van der Waals surface area contributed by atoms with Gasteiger partial charge in [-0.15, -0.1) is 0 Å². The van der Waals surface area contributed by atoms with Crippen LogP contribution in [0.15, 0.2) is 24.3 Å². The Hall–Kier alpha value is -0.835. The maximum atomic E-state index is 9.41. The highest BCUT2D eigenvalue weighted by Gasteiger charge is 2.33. The topological polar surface area (TPSA) is 55.5 Å². The van der Waals surface area contributed by atoms with E-state index in [9.17, 15) is 5.02 Å². The highest BCUT2D eigenvalue weighted by Crippen LogP contribution is 2.21. The predicted molar refractivity (Wildman–Crippen MR) is 46.9 cm³/mol. The average Bonchev–Trinajstić information content (AvgIpc) is 2.44. The molecule has 0 aliphatic carbocycles. The fraction of sp³-hybridized carbons (Fsp3) is 0.250. The van der Waals surface area contributed by atoms with E-state index in [-0.39, 0.29) is 6.10 Å². The molecule has 0 aromatic heterocycles. The van der Waals surface area contributed by atoms with Crippen molar-refractivity contribution in [2.24, 2.45) is 5.73 Å². The molecule has 1 heterocycles. The molecule has 1 aliphatic rings. The lowest BCUT2D eigenvalue weighted by atomic mass is 9.79. The SMILES string of the molecule is NC[C@H]1OB(O)c2ccccc21. The minimum absolute atomic E-state index is 0.142. The van der Waals surface area contributed by atoms with Crippen molar-refractivity contribution in [1.82, 2.24) is 0 Å². The van der Waals surface area contributed by atoms with E-state index in [1.807, 2.05) is 24.3 Å². The summed E-state index contributed by atoms with van der Waals surface area (Å²) in [5, 5.41) is 9.41. The summed E-state index contributed by atoms with van der Waals surface area (Å²) in [5.41, 5.74) is 7.32. The number of hydrogen-bond donors (Lipinski definition) is 2. The third kappa shape index (κ3) is 1.05. The molecule has 1 atom stereocenters. The molecule has 0 bridgehead atoms.